The molecule has 6 nitrogen and oxygen atoms in total. The number of carbonyl (C=O) groups excluding carboxylic acids is 1. The van der Waals surface area contributed by atoms with E-state index in [1.54, 1.807) is 11.3 Å². The third-order valence-corrected chi connectivity index (χ3v) is 7.18. The molecule has 0 bridgehead atoms. The first-order valence-corrected chi connectivity index (χ1v) is 10.9. The lowest BCUT2D eigenvalue weighted by Gasteiger charge is -2.51. The van der Waals surface area contributed by atoms with E-state index in [1.807, 2.05) is 16.5 Å². The minimum absolute atomic E-state index is 0.209. The van der Waals surface area contributed by atoms with Crippen molar-refractivity contribution in [1.29, 1.82) is 0 Å². The fourth-order valence-corrected chi connectivity index (χ4v) is 5.54. The van der Waals surface area contributed by atoms with Crippen LogP contribution in [-0.2, 0) is 4.79 Å². The molecule has 0 saturated carbocycles. The lowest BCUT2D eigenvalue weighted by molar-refractivity contribution is -0.139. The van der Waals surface area contributed by atoms with Crippen LogP contribution >= 0.6 is 11.3 Å². The van der Waals surface area contributed by atoms with Crippen LogP contribution in [0, 0.1) is 5.41 Å². The number of likely N-dealkylation sites (tertiary alicyclic amines) is 2. The maximum absolute atomic E-state index is 12.9. The van der Waals surface area contributed by atoms with Crippen molar-refractivity contribution in [2.75, 3.05) is 50.7 Å². The van der Waals surface area contributed by atoms with Gasteiger partial charge in [0, 0.05) is 43.2 Å². The average Bonchev–Trinajstić information content (AvgIpc) is 3.20. The molecule has 1 N–H and O–H groups in total. The number of carbonyl (C=O) groups is 1. The summed E-state index contributed by atoms with van der Waals surface area (Å²) in [7, 11) is 0. The second-order valence-electron chi connectivity index (χ2n) is 8.16. The molecule has 1 aromatic heterocycles. The Hall–Kier alpha value is -1.18. The van der Waals surface area contributed by atoms with Gasteiger partial charge in [0.1, 0.15) is 0 Å². The van der Waals surface area contributed by atoms with E-state index < -0.39 is 0 Å². The van der Waals surface area contributed by atoms with Gasteiger partial charge in [-0.25, -0.2) is 4.98 Å². The minimum Gasteiger partial charge on any atom is -0.392 e. The number of thiazole rings is 1. The third kappa shape index (κ3) is 3.75. The molecule has 4 heterocycles. The van der Waals surface area contributed by atoms with E-state index in [0.717, 1.165) is 57.1 Å². The molecule has 3 aliphatic rings. The molecule has 3 aliphatic heterocycles. The van der Waals surface area contributed by atoms with Crippen LogP contribution in [0.1, 0.15) is 38.5 Å². The highest BCUT2D eigenvalue weighted by Crippen LogP contribution is 2.40. The first-order chi connectivity index (χ1) is 12.7. The number of hydrogen-bond acceptors (Lipinski definition) is 6. The summed E-state index contributed by atoms with van der Waals surface area (Å²) in [6, 6.07) is 0. The molecular formula is C19H30N4O2S. The van der Waals surface area contributed by atoms with Gasteiger partial charge in [-0.15, -0.1) is 11.3 Å². The van der Waals surface area contributed by atoms with Crippen molar-refractivity contribution in [3.05, 3.63) is 11.6 Å². The van der Waals surface area contributed by atoms with E-state index in [1.165, 1.54) is 19.3 Å². The predicted octanol–water partition coefficient (Wildman–Crippen LogP) is 1.81. The van der Waals surface area contributed by atoms with E-state index in [2.05, 4.69) is 14.8 Å². The highest BCUT2D eigenvalue weighted by Gasteiger charge is 2.46. The maximum atomic E-state index is 12.9. The summed E-state index contributed by atoms with van der Waals surface area (Å²) in [5.74, 6) is 0.240. The Morgan fingerprint density at radius 2 is 2.04 bits per heavy atom. The maximum Gasteiger partial charge on any atom is 0.236 e. The number of aliphatic hydroxyl groups is 1. The van der Waals surface area contributed by atoms with Crippen LogP contribution in [0.4, 0.5) is 5.13 Å². The fourth-order valence-electron chi connectivity index (χ4n) is 4.87. The van der Waals surface area contributed by atoms with Crippen molar-refractivity contribution in [3.63, 3.8) is 0 Å². The van der Waals surface area contributed by atoms with Crippen molar-refractivity contribution in [2.45, 2.75) is 44.6 Å². The number of anilines is 1. The van der Waals surface area contributed by atoms with Gasteiger partial charge in [0.25, 0.3) is 0 Å². The lowest BCUT2D eigenvalue weighted by atomic mass is 9.71. The van der Waals surface area contributed by atoms with Crippen LogP contribution in [0.2, 0.25) is 0 Å². The summed E-state index contributed by atoms with van der Waals surface area (Å²) >= 11 is 1.65. The fraction of sp³-hybridized carbons (Fsp3) is 0.789. The van der Waals surface area contributed by atoms with E-state index in [9.17, 15) is 9.90 Å². The summed E-state index contributed by atoms with van der Waals surface area (Å²) in [4.78, 5) is 24.0. The SMILES string of the molecule is O=C(CN1CCCCC1)N1CCC[C@]2(C1)CN(c1nccs1)CC[C@H]2O. The smallest absolute Gasteiger partial charge is 0.236 e. The van der Waals surface area contributed by atoms with E-state index in [-0.39, 0.29) is 17.4 Å². The van der Waals surface area contributed by atoms with Gasteiger partial charge in [-0.2, -0.15) is 0 Å². The molecule has 4 rings (SSSR count). The van der Waals surface area contributed by atoms with Crippen molar-refractivity contribution in [1.82, 2.24) is 14.8 Å². The average molecular weight is 379 g/mol. The van der Waals surface area contributed by atoms with Crippen molar-refractivity contribution in [2.24, 2.45) is 5.41 Å². The monoisotopic (exact) mass is 378 g/mol. The van der Waals surface area contributed by atoms with Crippen molar-refractivity contribution >= 4 is 22.4 Å². The highest BCUT2D eigenvalue weighted by atomic mass is 32.1. The van der Waals surface area contributed by atoms with Crippen LogP contribution in [0.3, 0.4) is 0 Å². The Labute approximate surface area is 159 Å². The second kappa shape index (κ2) is 7.82. The van der Waals surface area contributed by atoms with Gasteiger partial charge in [-0.3, -0.25) is 9.69 Å². The summed E-state index contributed by atoms with van der Waals surface area (Å²) in [5.41, 5.74) is -0.209. The van der Waals surface area contributed by atoms with Gasteiger partial charge < -0.3 is 14.9 Å². The zero-order chi connectivity index (χ0) is 18.0. The largest absolute Gasteiger partial charge is 0.392 e. The van der Waals surface area contributed by atoms with Gasteiger partial charge in [0.05, 0.1) is 12.6 Å². The van der Waals surface area contributed by atoms with E-state index in [0.29, 0.717) is 13.1 Å². The summed E-state index contributed by atoms with van der Waals surface area (Å²) < 4.78 is 0. The lowest BCUT2D eigenvalue weighted by Crippen LogP contribution is -2.60. The molecule has 0 aromatic carbocycles. The van der Waals surface area contributed by atoms with Gasteiger partial charge in [-0.05, 0) is 45.2 Å². The third-order valence-electron chi connectivity index (χ3n) is 6.34. The van der Waals surface area contributed by atoms with Gasteiger partial charge in [0.2, 0.25) is 5.91 Å². The zero-order valence-corrected chi connectivity index (χ0v) is 16.3. The first-order valence-electron chi connectivity index (χ1n) is 9.99. The Kier molecular flexibility index (Phi) is 5.47. The van der Waals surface area contributed by atoms with Crippen LogP contribution in [0.15, 0.2) is 11.6 Å². The molecule has 1 aromatic rings. The number of piperidine rings is 3. The number of aromatic nitrogens is 1. The van der Waals surface area contributed by atoms with Crippen molar-refractivity contribution < 1.29 is 9.90 Å². The van der Waals surface area contributed by atoms with Crippen molar-refractivity contribution in [3.8, 4) is 0 Å². The molecule has 26 heavy (non-hydrogen) atoms. The normalized spacial score (nSPS) is 30.7. The standard InChI is InChI=1S/C19H30N4O2S/c24-16-5-11-23(18-20-7-12-26-18)15-19(16)6-4-10-22(14-19)17(25)13-21-8-2-1-3-9-21/h7,12,16,24H,1-6,8-11,13-15H2/t16-,19+/m1/s1. The number of aliphatic hydroxyl groups excluding tert-OH is 1. The predicted molar refractivity (Wildman–Crippen MR) is 103 cm³/mol. The quantitative estimate of drug-likeness (QED) is 0.869. The molecule has 3 saturated heterocycles. The van der Waals surface area contributed by atoms with Gasteiger partial charge in [-0.1, -0.05) is 6.42 Å². The number of amides is 1. The second-order valence-corrected chi connectivity index (χ2v) is 9.03. The molecule has 0 radical (unpaired) electrons. The van der Waals surface area contributed by atoms with Crippen LogP contribution < -0.4 is 4.90 Å². The van der Waals surface area contributed by atoms with Gasteiger partial charge in [0.15, 0.2) is 5.13 Å². The number of rotatable bonds is 3. The molecule has 7 heteroatoms. The van der Waals surface area contributed by atoms with Crippen LogP contribution in [0.25, 0.3) is 0 Å². The minimum atomic E-state index is -0.329. The summed E-state index contributed by atoms with van der Waals surface area (Å²) in [6.45, 7) is 5.80. The van der Waals surface area contributed by atoms with Crippen LogP contribution in [-0.4, -0.2) is 77.7 Å². The molecule has 0 unspecified atom stereocenters. The summed E-state index contributed by atoms with van der Waals surface area (Å²) in [5, 5.41) is 13.9. The number of hydrogen-bond donors (Lipinski definition) is 1. The van der Waals surface area contributed by atoms with Crippen LogP contribution in [0.5, 0.6) is 0 Å². The Morgan fingerprint density at radius 3 is 2.81 bits per heavy atom. The molecule has 2 atom stereocenters. The Balaban J connectivity index is 1.43. The highest BCUT2D eigenvalue weighted by molar-refractivity contribution is 7.13. The molecule has 144 valence electrons. The molecule has 0 aliphatic carbocycles. The van der Waals surface area contributed by atoms with E-state index in [4.69, 9.17) is 0 Å². The Morgan fingerprint density at radius 1 is 1.19 bits per heavy atom. The topological polar surface area (TPSA) is 59.9 Å². The molecule has 1 spiro atoms. The first kappa shape index (κ1) is 18.2. The zero-order valence-electron chi connectivity index (χ0n) is 15.5. The van der Waals surface area contributed by atoms with Gasteiger partial charge >= 0.3 is 0 Å². The number of nitrogens with zero attached hydrogens (tertiary/aromatic N) is 4. The van der Waals surface area contributed by atoms with E-state index >= 15 is 0 Å². The molecule has 3 fully saturated rings. The Bertz CT molecular complexity index is 605. The molecular weight excluding hydrogens is 348 g/mol. The molecule has 1 amide bonds. The summed E-state index contributed by atoms with van der Waals surface area (Å²) in [6.07, 6.45) is 7.94.